The SMILES string of the molecule is Cc1cnc(C)c(N2CCN(c3nccc(C(F)(F)F)n3)CC2)n1. The van der Waals surface area contributed by atoms with Crippen molar-refractivity contribution in [3.63, 3.8) is 0 Å². The first-order chi connectivity index (χ1) is 11.3. The Morgan fingerprint density at radius 3 is 2.29 bits per heavy atom. The van der Waals surface area contributed by atoms with Crippen molar-refractivity contribution in [1.82, 2.24) is 19.9 Å². The van der Waals surface area contributed by atoms with Gasteiger partial charge in [0.2, 0.25) is 5.95 Å². The van der Waals surface area contributed by atoms with Crippen molar-refractivity contribution in [2.24, 2.45) is 0 Å². The normalized spacial score (nSPS) is 15.7. The van der Waals surface area contributed by atoms with Crippen LogP contribution in [-0.4, -0.2) is 46.1 Å². The van der Waals surface area contributed by atoms with E-state index in [0.717, 1.165) is 29.5 Å². The van der Waals surface area contributed by atoms with E-state index in [1.807, 2.05) is 13.8 Å². The van der Waals surface area contributed by atoms with Gasteiger partial charge in [0, 0.05) is 38.6 Å². The van der Waals surface area contributed by atoms with Crippen LogP contribution in [0.4, 0.5) is 24.9 Å². The van der Waals surface area contributed by atoms with Gasteiger partial charge in [0.15, 0.2) is 0 Å². The summed E-state index contributed by atoms with van der Waals surface area (Å²) in [5, 5.41) is 0. The van der Waals surface area contributed by atoms with Crippen LogP contribution in [0, 0.1) is 13.8 Å². The number of aromatic nitrogens is 4. The smallest absolute Gasteiger partial charge is 0.352 e. The van der Waals surface area contributed by atoms with Crippen molar-refractivity contribution in [2.45, 2.75) is 20.0 Å². The van der Waals surface area contributed by atoms with Gasteiger partial charge < -0.3 is 9.80 Å². The van der Waals surface area contributed by atoms with E-state index in [4.69, 9.17) is 0 Å². The van der Waals surface area contributed by atoms with Crippen LogP contribution in [0.25, 0.3) is 0 Å². The highest BCUT2D eigenvalue weighted by Gasteiger charge is 2.33. The Morgan fingerprint density at radius 1 is 0.958 bits per heavy atom. The lowest BCUT2D eigenvalue weighted by Gasteiger charge is -2.35. The number of alkyl halides is 3. The molecule has 2 aromatic rings. The van der Waals surface area contributed by atoms with Crippen LogP contribution in [0.1, 0.15) is 17.1 Å². The Morgan fingerprint density at radius 2 is 1.62 bits per heavy atom. The molecule has 3 rings (SSSR count). The summed E-state index contributed by atoms with van der Waals surface area (Å²) in [6, 6.07) is 0.880. The number of anilines is 2. The fourth-order valence-electron chi connectivity index (χ4n) is 2.60. The molecule has 1 aliphatic heterocycles. The van der Waals surface area contributed by atoms with Crippen LogP contribution < -0.4 is 9.80 Å². The zero-order valence-corrected chi connectivity index (χ0v) is 13.4. The monoisotopic (exact) mass is 338 g/mol. The second-order valence-corrected chi connectivity index (χ2v) is 5.63. The Kier molecular flexibility index (Phi) is 4.25. The number of piperazine rings is 1. The minimum Gasteiger partial charge on any atom is -0.352 e. The molecular formula is C15H17F3N6. The highest BCUT2D eigenvalue weighted by molar-refractivity contribution is 5.46. The van der Waals surface area contributed by atoms with Gasteiger partial charge in [0.05, 0.1) is 11.4 Å². The summed E-state index contributed by atoms with van der Waals surface area (Å²) in [6.45, 7) is 6.07. The third-order valence-corrected chi connectivity index (χ3v) is 3.85. The van der Waals surface area contributed by atoms with Crippen molar-refractivity contribution in [3.8, 4) is 0 Å². The van der Waals surface area contributed by atoms with Gasteiger partial charge in [0.1, 0.15) is 11.5 Å². The highest BCUT2D eigenvalue weighted by atomic mass is 19.4. The van der Waals surface area contributed by atoms with Gasteiger partial charge in [-0.25, -0.2) is 15.0 Å². The molecule has 0 spiro atoms. The lowest BCUT2D eigenvalue weighted by atomic mass is 10.3. The molecule has 0 atom stereocenters. The van der Waals surface area contributed by atoms with E-state index in [1.165, 1.54) is 0 Å². The zero-order valence-electron chi connectivity index (χ0n) is 13.4. The number of hydrogen-bond acceptors (Lipinski definition) is 6. The Labute approximate surface area is 137 Å². The first-order valence-corrected chi connectivity index (χ1v) is 7.55. The fraction of sp³-hybridized carbons (Fsp3) is 0.467. The number of halogens is 3. The summed E-state index contributed by atoms with van der Waals surface area (Å²) in [7, 11) is 0. The maximum Gasteiger partial charge on any atom is 0.433 e. The molecule has 3 heterocycles. The van der Waals surface area contributed by atoms with E-state index >= 15 is 0 Å². The quantitative estimate of drug-likeness (QED) is 0.837. The van der Waals surface area contributed by atoms with Gasteiger partial charge in [-0.05, 0) is 19.9 Å². The fourth-order valence-corrected chi connectivity index (χ4v) is 2.60. The third kappa shape index (κ3) is 3.39. The summed E-state index contributed by atoms with van der Waals surface area (Å²) in [5.41, 5.74) is 0.749. The number of nitrogens with zero attached hydrogens (tertiary/aromatic N) is 6. The molecule has 0 saturated carbocycles. The summed E-state index contributed by atoms with van der Waals surface area (Å²) in [4.78, 5) is 20.3. The second kappa shape index (κ2) is 6.21. The average molecular weight is 338 g/mol. The minimum atomic E-state index is -4.46. The molecule has 9 heteroatoms. The van der Waals surface area contributed by atoms with E-state index in [-0.39, 0.29) is 5.95 Å². The lowest BCUT2D eigenvalue weighted by Crippen LogP contribution is -2.47. The van der Waals surface area contributed by atoms with Gasteiger partial charge in [-0.2, -0.15) is 13.2 Å². The highest BCUT2D eigenvalue weighted by Crippen LogP contribution is 2.28. The topological polar surface area (TPSA) is 58.0 Å². The molecular weight excluding hydrogens is 321 g/mol. The minimum absolute atomic E-state index is 0.108. The molecule has 0 aliphatic carbocycles. The maximum atomic E-state index is 12.8. The molecule has 0 radical (unpaired) electrons. The van der Waals surface area contributed by atoms with Gasteiger partial charge >= 0.3 is 6.18 Å². The van der Waals surface area contributed by atoms with Crippen LogP contribution in [0.15, 0.2) is 18.5 Å². The Balaban J connectivity index is 1.72. The predicted molar refractivity (Wildman–Crippen MR) is 83.0 cm³/mol. The van der Waals surface area contributed by atoms with Crippen LogP contribution in [0.3, 0.4) is 0 Å². The van der Waals surface area contributed by atoms with Crippen molar-refractivity contribution in [2.75, 3.05) is 36.0 Å². The van der Waals surface area contributed by atoms with Crippen LogP contribution in [0.5, 0.6) is 0 Å². The van der Waals surface area contributed by atoms with Crippen LogP contribution >= 0.6 is 0 Å². The van der Waals surface area contributed by atoms with Gasteiger partial charge in [-0.3, -0.25) is 4.98 Å². The van der Waals surface area contributed by atoms with Crippen LogP contribution in [-0.2, 0) is 6.18 Å². The Bertz CT molecular complexity index is 725. The molecule has 6 nitrogen and oxygen atoms in total. The molecule has 2 aromatic heterocycles. The third-order valence-electron chi connectivity index (χ3n) is 3.85. The molecule has 0 aromatic carbocycles. The van der Waals surface area contributed by atoms with E-state index in [0.29, 0.717) is 26.2 Å². The van der Waals surface area contributed by atoms with E-state index in [1.54, 1.807) is 11.1 Å². The summed E-state index contributed by atoms with van der Waals surface area (Å²) < 4.78 is 38.3. The first kappa shape index (κ1) is 16.4. The summed E-state index contributed by atoms with van der Waals surface area (Å²) >= 11 is 0. The maximum absolute atomic E-state index is 12.8. The molecule has 0 unspecified atom stereocenters. The predicted octanol–water partition coefficient (Wildman–Crippen LogP) is 2.23. The molecule has 1 aliphatic rings. The van der Waals surface area contributed by atoms with Crippen molar-refractivity contribution >= 4 is 11.8 Å². The van der Waals surface area contributed by atoms with Crippen molar-refractivity contribution in [3.05, 3.63) is 35.5 Å². The number of rotatable bonds is 2. The first-order valence-electron chi connectivity index (χ1n) is 7.55. The Hall–Kier alpha value is -2.45. The number of aryl methyl sites for hydroxylation is 2. The molecule has 128 valence electrons. The van der Waals surface area contributed by atoms with E-state index in [9.17, 15) is 13.2 Å². The van der Waals surface area contributed by atoms with E-state index in [2.05, 4.69) is 24.8 Å². The summed E-state index contributed by atoms with van der Waals surface area (Å²) in [5.74, 6) is 0.927. The average Bonchev–Trinajstić information content (AvgIpc) is 2.57. The molecule has 24 heavy (non-hydrogen) atoms. The number of hydrogen-bond donors (Lipinski definition) is 0. The van der Waals surface area contributed by atoms with Gasteiger partial charge in [-0.1, -0.05) is 0 Å². The zero-order chi connectivity index (χ0) is 17.3. The standard InChI is InChI=1S/C15H17F3N6/c1-10-9-20-11(2)13(21-10)23-5-7-24(8-6-23)14-19-4-3-12(22-14)15(16,17)18/h3-4,9H,5-8H2,1-2H3. The van der Waals surface area contributed by atoms with Crippen molar-refractivity contribution in [1.29, 1.82) is 0 Å². The van der Waals surface area contributed by atoms with E-state index < -0.39 is 11.9 Å². The summed E-state index contributed by atoms with van der Waals surface area (Å²) in [6.07, 6.45) is -1.60. The second-order valence-electron chi connectivity index (χ2n) is 5.63. The molecule has 0 N–H and O–H groups in total. The molecule has 0 bridgehead atoms. The van der Waals surface area contributed by atoms with Crippen molar-refractivity contribution < 1.29 is 13.2 Å². The molecule has 0 amide bonds. The lowest BCUT2D eigenvalue weighted by molar-refractivity contribution is -0.141. The molecule has 1 saturated heterocycles. The molecule has 1 fully saturated rings. The van der Waals surface area contributed by atoms with Crippen LogP contribution in [0.2, 0.25) is 0 Å². The largest absolute Gasteiger partial charge is 0.433 e. The van der Waals surface area contributed by atoms with Gasteiger partial charge in [0.25, 0.3) is 0 Å². The van der Waals surface area contributed by atoms with Gasteiger partial charge in [-0.15, -0.1) is 0 Å².